The molecule has 1 aliphatic heterocycles. The Morgan fingerprint density at radius 1 is 0.848 bits per heavy atom. The van der Waals surface area contributed by atoms with Gasteiger partial charge in [-0.05, 0) is 42.0 Å². The van der Waals surface area contributed by atoms with Crippen molar-refractivity contribution >= 4 is 34.4 Å². The zero-order chi connectivity index (χ0) is 23.5. The van der Waals surface area contributed by atoms with Crippen LogP contribution in [-0.4, -0.2) is 31.0 Å². The van der Waals surface area contributed by atoms with Gasteiger partial charge in [0.15, 0.2) is 11.5 Å². The van der Waals surface area contributed by atoms with Gasteiger partial charge in [-0.3, -0.25) is 19.7 Å². The van der Waals surface area contributed by atoms with E-state index >= 15 is 0 Å². The number of benzene rings is 3. The van der Waals surface area contributed by atoms with Crippen molar-refractivity contribution in [2.45, 2.75) is 0 Å². The van der Waals surface area contributed by atoms with Gasteiger partial charge in [-0.2, -0.15) is 0 Å². The monoisotopic (exact) mass is 445 g/mol. The molecule has 3 aromatic carbocycles. The average Bonchev–Trinajstić information content (AvgIpc) is 3.08. The smallest absolute Gasteiger partial charge is 0.282 e. The number of imide groups is 1. The summed E-state index contributed by atoms with van der Waals surface area (Å²) in [6, 6.07) is 19.0. The SMILES string of the molecule is COc1ccc(NC2=C(c3ccc([N+](=O)[O-])cc3)C(=O)N(c3ccccc3)C2=O)cc1OC. The fraction of sp³-hybridized carbons (Fsp3) is 0.0833. The van der Waals surface area contributed by atoms with E-state index in [-0.39, 0.29) is 17.0 Å². The second-order valence-electron chi connectivity index (χ2n) is 7.03. The molecule has 1 N–H and O–H groups in total. The molecule has 0 unspecified atom stereocenters. The van der Waals surface area contributed by atoms with Crippen molar-refractivity contribution in [1.29, 1.82) is 0 Å². The summed E-state index contributed by atoms with van der Waals surface area (Å²) in [5.74, 6) is -0.138. The van der Waals surface area contributed by atoms with Crippen molar-refractivity contribution < 1.29 is 24.0 Å². The number of amides is 2. The van der Waals surface area contributed by atoms with E-state index in [2.05, 4.69) is 5.32 Å². The van der Waals surface area contributed by atoms with Crippen LogP contribution in [0.15, 0.2) is 78.5 Å². The van der Waals surface area contributed by atoms with Crippen molar-refractivity contribution in [3.05, 3.63) is 94.2 Å². The molecule has 0 aliphatic carbocycles. The number of non-ortho nitro benzene ring substituents is 1. The number of rotatable bonds is 7. The Kier molecular flexibility index (Phi) is 5.77. The number of ether oxygens (including phenoxy) is 2. The molecule has 1 aliphatic rings. The zero-order valence-corrected chi connectivity index (χ0v) is 17.8. The molecule has 9 nitrogen and oxygen atoms in total. The fourth-order valence-corrected chi connectivity index (χ4v) is 3.53. The van der Waals surface area contributed by atoms with Gasteiger partial charge in [0.1, 0.15) is 5.70 Å². The first-order valence-corrected chi connectivity index (χ1v) is 9.86. The van der Waals surface area contributed by atoms with E-state index in [1.165, 1.54) is 38.5 Å². The molecule has 9 heteroatoms. The number of anilines is 2. The van der Waals surface area contributed by atoms with Crippen LogP contribution in [0.2, 0.25) is 0 Å². The fourth-order valence-electron chi connectivity index (χ4n) is 3.53. The Balaban J connectivity index is 1.81. The Hall–Kier alpha value is -4.66. The number of methoxy groups -OCH3 is 2. The number of nitrogens with one attached hydrogen (secondary N) is 1. The van der Waals surface area contributed by atoms with Gasteiger partial charge in [0.05, 0.1) is 30.4 Å². The minimum Gasteiger partial charge on any atom is -0.493 e. The van der Waals surface area contributed by atoms with E-state index < -0.39 is 16.7 Å². The topological polar surface area (TPSA) is 111 Å². The second-order valence-corrected chi connectivity index (χ2v) is 7.03. The maximum absolute atomic E-state index is 13.4. The quantitative estimate of drug-likeness (QED) is 0.332. The van der Waals surface area contributed by atoms with Crippen molar-refractivity contribution in [2.24, 2.45) is 0 Å². The van der Waals surface area contributed by atoms with Crippen LogP contribution >= 0.6 is 0 Å². The van der Waals surface area contributed by atoms with Crippen molar-refractivity contribution in [3.8, 4) is 11.5 Å². The van der Waals surface area contributed by atoms with Crippen LogP contribution < -0.4 is 19.7 Å². The summed E-state index contributed by atoms with van der Waals surface area (Å²) in [5.41, 5.74) is 1.32. The molecule has 0 aromatic heterocycles. The normalized spacial score (nSPS) is 13.3. The summed E-state index contributed by atoms with van der Waals surface area (Å²) in [4.78, 5) is 38.3. The largest absolute Gasteiger partial charge is 0.493 e. The Morgan fingerprint density at radius 3 is 2.12 bits per heavy atom. The highest BCUT2D eigenvalue weighted by atomic mass is 16.6. The molecule has 1 heterocycles. The van der Waals surface area contributed by atoms with Crippen LogP contribution in [0.4, 0.5) is 17.1 Å². The maximum Gasteiger partial charge on any atom is 0.282 e. The van der Waals surface area contributed by atoms with E-state index in [1.54, 1.807) is 48.5 Å². The number of hydrogen-bond acceptors (Lipinski definition) is 7. The number of nitro benzene ring substituents is 1. The number of carbonyl (C=O) groups is 2. The van der Waals surface area contributed by atoms with E-state index in [0.29, 0.717) is 28.4 Å². The van der Waals surface area contributed by atoms with Gasteiger partial charge >= 0.3 is 0 Å². The first-order valence-electron chi connectivity index (χ1n) is 9.86. The van der Waals surface area contributed by atoms with Gasteiger partial charge in [0, 0.05) is 23.9 Å². The third-order valence-corrected chi connectivity index (χ3v) is 5.12. The van der Waals surface area contributed by atoms with Gasteiger partial charge in [-0.15, -0.1) is 0 Å². The summed E-state index contributed by atoms with van der Waals surface area (Å²) in [7, 11) is 3.00. The molecule has 33 heavy (non-hydrogen) atoms. The van der Waals surface area contributed by atoms with Gasteiger partial charge in [-0.25, -0.2) is 4.90 Å². The summed E-state index contributed by atoms with van der Waals surface area (Å²) < 4.78 is 10.6. The molecule has 0 fully saturated rings. The van der Waals surface area contributed by atoms with E-state index in [9.17, 15) is 19.7 Å². The molecule has 3 aromatic rings. The van der Waals surface area contributed by atoms with Crippen LogP contribution in [0.3, 0.4) is 0 Å². The third kappa shape index (κ3) is 3.99. The van der Waals surface area contributed by atoms with Crippen molar-refractivity contribution in [2.75, 3.05) is 24.4 Å². The molecule has 2 amide bonds. The van der Waals surface area contributed by atoms with Crippen molar-refractivity contribution in [1.82, 2.24) is 0 Å². The van der Waals surface area contributed by atoms with Crippen LogP contribution in [-0.2, 0) is 9.59 Å². The maximum atomic E-state index is 13.4. The standard InChI is InChI=1S/C24H19N3O6/c1-32-19-13-10-16(14-20(19)33-2)25-22-21(15-8-11-18(12-9-15)27(30)31)23(28)26(24(22)29)17-6-4-3-5-7-17/h3-14,25H,1-2H3. The highest BCUT2D eigenvalue weighted by Gasteiger charge is 2.40. The van der Waals surface area contributed by atoms with Crippen LogP contribution in [0, 0.1) is 10.1 Å². The lowest BCUT2D eigenvalue weighted by Crippen LogP contribution is -2.32. The molecule has 166 valence electrons. The van der Waals surface area contributed by atoms with E-state index in [0.717, 1.165) is 4.90 Å². The number of nitrogens with zero attached hydrogens (tertiary/aromatic N) is 2. The molecule has 0 saturated carbocycles. The van der Waals surface area contributed by atoms with Crippen molar-refractivity contribution in [3.63, 3.8) is 0 Å². The van der Waals surface area contributed by atoms with Crippen LogP contribution in [0.1, 0.15) is 5.56 Å². The predicted octanol–water partition coefficient (Wildman–Crippen LogP) is 4.01. The Morgan fingerprint density at radius 2 is 1.52 bits per heavy atom. The summed E-state index contributed by atoms with van der Waals surface area (Å²) >= 11 is 0. The second kappa shape index (κ2) is 8.83. The van der Waals surface area contributed by atoms with Crippen LogP contribution in [0.5, 0.6) is 11.5 Å². The number of carbonyl (C=O) groups excluding carboxylic acids is 2. The molecule has 0 bridgehead atoms. The highest BCUT2D eigenvalue weighted by molar-refractivity contribution is 6.46. The zero-order valence-electron chi connectivity index (χ0n) is 17.8. The third-order valence-electron chi connectivity index (χ3n) is 5.12. The lowest BCUT2D eigenvalue weighted by atomic mass is 10.0. The summed E-state index contributed by atoms with van der Waals surface area (Å²) in [6.07, 6.45) is 0. The number of para-hydroxylation sites is 1. The molecule has 4 rings (SSSR count). The first kappa shape index (κ1) is 21.6. The van der Waals surface area contributed by atoms with Gasteiger partial charge in [0.2, 0.25) is 0 Å². The van der Waals surface area contributed by atoms with Crippen LogP contribution in [0.25, 0.3) is 5.57 Å². The summed E-state index contributed by atoms with van der Waals surface area (Å²) in [6.45, 7) is 0. The summed E-state index contributed by atoms with van der Waals surface area (Å²) in [5, 5.41) is 14.1. The highest BCUT2D eigenvalue weighted by Crippen LogP contribution is 2.36. The van der Waals surface area contributed by atoms with Gasteiger partial charge in [0.25, 0.3) is 17.5 Å². The molecular formula is C24H19N3O6. The van der Waals surface area contributed by atoms with Gasteiger partial charge in [-0.1, -0.05) is 18.2 Å². The van der Waals surface area contributed by atoms with E-state index in [1.807, 2.05) is 0 Å². The molecule has 0 saturated heterocycles. The predicted molar refractivity (Wildman–Crippen MR) is 122 cm³/mol. The number of hydrogen-bond donors (Lipinski definition) is 1. The average molecular weight is 445 g/mol. The first-order chi connectivity index (χ1) is 15.9. The molecular weight excluding hydrogens is 426 g/mol. The van der Waals surface area contributed by atoms with Gasteiger partial charge < -0.3 is 14.8 Å². The molecule has 0 radical (unpaired) electrons. The minimum atomic E-state index is -0.547. The lowest BCUT2D eigenvalue weighted by molar-refractivity contribution is -0.384. The Labute approximate surface area is 189 Å². The molecule has 0 spiro atoms. The Bertz CT molecular complexity index is 1270. The lowest BCUT2D eigenvalue weighted by Gasteiger charge is -2.15. The minimum absolute atomic E-state index is 0.0462. The number of nitro groups is 1. The molecule has 0 atom stereocenters. The van der Waals surface area contributed by atoms with E-state index in [4.69, 9.17) is 9.47 Å².